The Labute approximate surface area is 161 Å². The van der Waals surface area contributed by atoms with Crippen molar-refractivity contribution in [3.8, 4) is 0 Å². The molecule has 7 heteroatoms. The van der Waals surface area contributed by atoms with Crippen molar-refractivity contribution in [1.82, 2.24) is 5.32 Å². The Morgan fingerprint density at radius 2 is 1.96 bits per heavy atom. The number of hydrogen-bond donors (Lipinski definition) is 1. The Hall–Kier alpha value is -2.47. The molecule has 0 spiro atoms. The van der Waals surface area contributed by atoms with E-state index in [0.717, 1.165) is 36.2 Å². The summed E-state index contributed by atoms with van der Waals surface area (Å²) in [5.41, 5.74) is 1.72. The van der Waals surface area contributed by atoms with Crippen LogP contribution in [0.2, 0.25) is 5.02 Å². The largest absolute Gasteiger partial charge is 0.352 e. The van der Waals surface area contributed by atoms with E-state index in [1.807, 2.05) is 12.1 Å². The van der Waals surface area contributed by atoms with Crippen molar-refractivity contribution < 1.29 is 18.4 Å². The first-order valence-corrected chi connectivity index (χ1v) is 9.15. The fraction of sp³-hybridized carbons (Fsp3) is 0.300. The second-order valence-electron chi connectivity index (χ2n) is 6.41. The van der Waals surface area contributed by atoms with Crippen LogP contribution in [0.15, 0.2) is 36.4 Å². The zero-order valence-corrected chi connectivity index (χ0v) is 15.4. The first-order valence-electron chi connectivity index (χ1n) is 8.78. The Kier molecular flexibility index (Phi) is 6.06. The van der Waals surface area contributed by atoms with Gasteiger partial charge in [-0.2, -0.15) is 0 Å². The third kappa shape index (κ3) is 4.63. The number of aryl methyl sites for hydroxylation is 1. The molecule has 0 fully saturated rings. The minimum atomic E-state index is -0.910. The quantitative estimate of drug-likeness (QED) is 0.778. The molecule has 1 N–H and O–H groups in total. The molecule has 3 rings (SSSR count). The normalized spacial score (nSPS) is 13.2. The van der Waals surface area contributed by atoms with Crippen LogP contribution in [0, 0.1) is 11.6 Å². The predicted molar refractivity (Wildman–Crippen MR) is 100 cm³/mol. The number of amides is 2. The number of nitrogens with zero attached hydrogens (tertiary/aromatic N) is 1. The average Bonchev–Trinajstić information content (AvgIpc) is 2.64. The zero-order chi connectivity index (χ0) is 19.4. The monoisotopic (exact) mass is 392 g/mol. The lowest BCUT2D eigenvalue weighted by molar-refractivity contribution is -0.118. The van der Waals surface area contributed by atoms with Crippen LogP contribution in [0.1, 0.15) is 35.2 Å². The van der Waals surface area contributed by atoms with E-state index in [1.54, 1.807) is 11.0 Å². The van der Waals surface area contributed by atoms with Gasteiger partial charge in [0.05, 0.1) is 5.56 Å². The van der Waals surface area contributed by atoms with Crippen LogP contribution < -0.4 is 10.2 Å². The van der Waals surface area contributed by atoms with Gasteiger partial charge in [-0.3, -0.25) is 9.59 Å². The van der Waals surface area contributed by atoms with Crippen LogP contribution >= 0.6 is 11.6 Å². The SMILES string of the molecule is O=C(NCCCC(=O)N1CCCc2cc(Cl)ccc21)c1ccc(F)cc1F. The van der Waals surface area contributed by atoms with Crippen molar-refractivity contribution in [3.63, 3.8) is 0 Å². The van der Waals surface area contributed by atoms with E-state index >= 15 is 0 Å². The molecule has 0 bridgehead atoms. The van der Waals surface area contributed by atoms with Gasteiger partial charge in [0.1, 0.15) is 11.6 Å². The summed E-state index contributed by atoms with van der Waals surface area (Å²) < 4.78 is 26.5. The summed E-state index contributed by atoms with van der Waals surface area (Å²) in [4.78, 5) is 26.2. The van der Waals surface area contributed by atoms with Crippen molar-refractivity contribution in [3.05, 3.63) is 64.2 Å². The number of carbonyl (C=O) groups excluding carboxylic acids is 2. The molecule has 1 heterocycles. The first-order chi connectivity index (χ1) is 13.0. The van der Waals surface area contributed by atoms with E-state index in [1.165, 1.54) is 0 Å². The summed E-state index contributed by atoms with van der Waals surface area (Å²) in [6.45, 7) is 0.878. The van der Waals surface area contributed by atoms with E-state index in [9.17, 15) is 18.4 Å². The maximum Gasteiger partial charge on any atom is 0.254 e. The smallest absolute Gasteiger partial charge is 0.254 e. The van der Waals surface area contributed by atoms with Crippen molar-refractivity contribution in [2.24, 2.45) is 0 Å². The maximum atomic E-state index is 13.6. The molecule has 0 atom stereocenters. The highest BCUT2D eigenvalue weighted by Gasteiger charge is 2.22. The topological polar surface area (TPSA) is 49.4 Å². The summed E-state index contributed by atoms with van der Waals surface area (Å²) in [6.07, 6.45) is 2.44. The first kappa shape index (κ1) is 19.3. The van der Waals surface area contributed by atoms with Gasteiger partial charge >= 0.3 is 0 Å². The molecule has 0 radical (unpaired) electrons. The van der Waals surface area contributed by atoms with Crippen molar-refractivity contribution in [2.75, 3.05) is 18.0 Å². The summed E-state index contributed by atoms with van der Waals surface area (Å²) in [5, 5.41) is 3.21. The summed E-state index contributed by atoms with van der Waals surface area (Å²) in [5.74, 6) is -2.30. The summed E-state index contributed by atoms with van der Waals surface area (Å²) in [7, 11) is 0. The highest BCUT2D eigenvalue weighted by atomic mass is 35.5. The van der Waals surface area contributed by atoms with Gasteiger partial charge < -0.3 is 10.2 Å². The Balaban J connectivity index is 1.51. The zero-order valence-electron chi connectivity index (χ0n) is 14.6. The highest BCUT2D eigenvalue weighted by Crippen LogP contribution is 2.30. The van der Waals surface area contributed by atoms with Crippen molar-refractivity contribution in [2.45, 2.75) is 25.7 Å². The van der Waals surface area contributed by atoms with Crippen LogP contribution in [-0.2, 0) is 11.2 Å². The Morgan fingerprint density at radius 1 is 1.15 bits per heavy atom. The molecule has 0 unspecified atom stereocenters. The van der Waals surface area contributed by atoms with Crippen LogP contribution in [0.25, 0.3) is 0 Å². The van der Waals surface area contributed by atoms with E-state index in [0.29, 0.717) is 24.1 Å². The standard InChI is InChI=1S/C20H19ClF2N2O2/c21-14-5-8-18-13(11-14)3-2-10-25(18)19(26)4-1-9-24-20(27)16-7-6-15(22)12-17(16)23/h5-8,11-12H,1-4,9-10H2,(H,24,27). The molecule has 0 aromatic heterocycles. The molecule has 1 aliphatic rings. The lowest BCUT2D eigenvalue weighted by Gasteiger charge is -2.29. The number of anilines is 1. The fourth-order valence-electron chi connectivity index (χ4n) is 3.17. The van der Waals surface area contributed by atoms with Gasteiger partial charge in [0.25, 0.3) is 5.91 Å². The van der Waals surface area contributed by atoms with Crippen LogP contribution in [-0.4, -0.2) is 24.9 Å². The van der Waals surface area contributed by atoms with Crippen LogP contribution in [0.5, 0.6) is 0 Å². The molecule has 1 aliphatic heterocycles. The van der Waals surface area contributed by atoms with E-state index < -0.39 is 17.5 Å². The summed E-state index contributed by atoms with van der Waals surface area (Å²) >= 11 is 6.02. The minimum Gasteiger partial charge on any atom is -0.352 e. The van der Waals surface area contributed by atoms with Gasteiger partial charge in [0.15, 0.2) is 0 Å². The molecular formula is C20H19ClF2N2O2. The molecule has 142 valence electrons. The number of nitrogens with one attached hydrogen (secondary N) is 1. The molecule has 2 aromatic rings. The molecule has 0 saturated carbocycles. The Morgan fingerprint density at radius 3 is 2.74 bits per heavy atom. The van der Waals surface area contributed by atoms with Gasteiger partial charge in [-0.25, -0.2) is 8.78 Å². The Bertz CT molecular complexity index is 873. The average molecular weight is 393 g/mol. The molecule has 2 aromatic carbocycles. The number of benzene rings is 2. The molecule has 27 heavy (non-hydrogen) atoms. The van der Waals surface area contributed by atoms with Gasteiger partial charge in [-0.1, -0.05) is 11.6 Å². The molecular weight excluding hydrogens is 374 g/mol. The summed E-state index contributed by atoms with van der Waals surface area (Å²) in [6, 6.07) is 8.30. The third-order valence-corrected chi connectivity index (χ3v) is 4.73. The molecule has 0 aliphatic carbocycles. The van der Waals surface area contributed by atoms with E-state index in [-0.39, 0.29) is 24.4 Å². The van der Waals surface area contributed by atoms with E-state index in [2.05, 4.69) is 5.32 Å². The van der Waals surface area contributed by atoms with Crippen molar-refractivity contribution in [1.29, 1.82) is 0 Å². The van der Waals surface area contributed by atoms with E-state index in [4.69, 9.17) is 11.6 Å². The fourth-order valence-corrected chi connectivity index (χ4v) is 3.36. The van der Waals surface area contributed by atoms with Crippen LogP contribution in [0.3, 0.4) is 0 Å². The maximum absolute atomic E-state index is 13.6. The highest BCUT2D eigenvalue weighted by molar-refractivity contribution is 6.30. The van der Waals surface area contributed by atoms with Gasteiger partial charge in [-0.15, -0.1) is 0 Å². The lowest BCUT2D eigenvalue weighted by atomic mass is 10.0. The number of hydrogen-bond acceptors (Lipinski definition) is 2. The minimum absolute atomic E-state index is 0.0273. The molecule has 2 amide bonds. The second-order valence-corrected chi connectivity index (χ2v) is 6.84. The van der Waals surface area contributed by atoms with Crippen LogP contribution in [0.4, 0.5) is 14.5 Å². The number of carbonyl (C=O) groups is 2. The van der Waals surface area contributed by atoms with Gasteiger partial charge in [0, 0.05) is 36.3 Å². The lowest BCUT2D eigenvalue weighted by Crippen LogP contribution is -2.36. The van der Waals surface area contributed by atoms with Gasteiger partial charge in [-0.05, 0) is 55.2 Å². The number of rotatable bonds is 5. The second kappa shape index (κ2) is 8.48. The predicted octanol–water partition coefficient (Wildman–Crippen LogP) is 4.11. The molecule has 4 nitrogen and oxygen atoms in total. The third-order valence-electron chi connectivity index (χ3n) is 4.49. The van der Waals surface area contributed by atoms with Gasteiger partial charge in [0.2, 0.25) is 5.91 Å². The molecule has 0 saturated heterocycles. The number of halogens is 3. The number of fused-ring (bicyclic) bond motifs is 1. The van der Waals surface area contributed by atoms with Crippen molar-refractivity contribution >= 4 is 29.1 Å².